The summed E-state index contributed by atoms with van der Waals surface area (Å²) in [6.07, 6.45) is -0.601. The molecule has 0 spiro atoms. The van der Waals surface area contributed by atoms with Gasteiger partial charge in [0.15, 0.2) is 0 Å². The fourth-order valence-electron chi connectivity index (χ4n) is 3.68. The summed E-state index contributed by atoms with van der Waals surface area (Å²) in [5, 5.41) is 14.9. The number of rotatable bonds is 6. The van der Waals surface area contributed by atoms with E-state index in [-0.39, 0.29) is 30.5 Å². The van der Waals surface area contributed by atoms with E-state index in [2.05, 4.69) is 31.5 Å². The number of halogens is 3. The highest BCUT2D eigenvalue weighted by Crippen LogP contribution is 2.38. The minimum atomic E-state index is -0.969. The molecule has 2 heterocycles. The number of benzene rings is 2. The summed E-state index contributed by atoms with van der Waals surface area (Å²) < 4.78 is 27.5. The van der Waals surface area contributed by atoms with E-state index in [0.717, 1.165) is 16.7 Å². The van der Waals surface area contributed by atoms with E-state index in [9.17, 15) is 23.5 Å². The van der Waals surface area contributed by atoms with Gasteiger partial charge in [-0.3, -0.25) is 9.59 Å². The largest absolute Gasteiger partial charge is 0.389 e. The van der Waals surface area contributed by atoms with E-state index in [4.69, 9.17) is 0 Å². The van der Waals surface area contributed by atoms with Crippen LogP contribution in [-0.2, 0) is 16.0 Å². The van der Waals surface area contributed by atoms with E-state index in [1.807, 2.05) is 0 Å². The highest BCUT2D eigenvalue weighted by atomic mass is 79.9. The predicted molar refractivity (Wildman–Crippen MR) is 119 cm³/mol. The van der Waals surface area contributed by atoms with Crippen LogP contribution in [0, 0.1) is 11.6 Å². The molecule has 3 aromatic rings. The number of hydrogen-bond acceptors (Lipinski definition) is 3. The molecular weight excluding hydrogens is 484 g/mol. The lowest BCUT2D eigenvalue weighted by molar-refractivity contribution is -0.128. The smallest absolute Gasteiger partial charge is 0.245 e. The molecular formula is C23H20BrF2N3O3. The van der Waals surface area contributed by atoms with E-state index in [0.29, 0.717) is 22.3 Å². The second-order valence-electron chi connectivity index (χ2n) is 7.54. The molecule has 6 nitrogen and oxygen atoms in total. The number of aromatic amines is 1. The van der Waals surface area contributed by atoms with Crippen molar-refractivity contribution in [3.8, 4) is 22.5 Å². The Kier molecular flexibility index (Phi) is 6.38. The van der Waals surface area contributed by atoms with Crippen molar-refractivity contribution >= 4 is 27.7 Å². The Labute approximate surface area is 191 Å². The summed E-state index contributed by atoms with van der Waals surface area (Å²) in [4.78, 5) is 27.5. The number of carbonyl (C=O) groups excluding carboxylic acids is 2. The minimum Gasteiger partial charge on any atom is -0.389 e. The Hall–Kier alpha value is -3.04. The van der Waals surface area contributed by atoms with Gasteiger partial charge in [-0.2, -0.15) is 0 Å². The van der Waals surface area contributed by atoms with Crippen LogP contribution in [-0.4, -0.2) is 40.6 Å². The van der Waals surface area contributed by atoms with Crippen LogP contribution in [0.1, 0.15) is 12.0 Å². The van der Waals surface area contributed by atoms with E-state index in [1.54, 1.807) is 24.3 Å². The topological polar surface area (TPSA) is 94.2 Å². The van der Waals surface area contributed by atoms with Crippen molar-refractivity contribution in [3.63, 3.8) is 0 Å². The maximum absolute atomic E-state index is 13.4. The fraction of sp³-hybridized carbons (Fsp3) is 0.217. The Morgan fingerprint density at radius 2 is 1.59 bits per heavy atom. The molecule has 2 amide bonds. The Bertz CT molecular complexity index is 1150. The first kappa shape index (κ1) is 22.2. The molecule has 4 N–H and O–H groups in total. The summed E-state index contributed by atoms with van der Waals surface area (Å²) in [7, 11) is 0. The molecule has 4 rings (SSSR count). The van der Waals surface area contributed by atoms with Gasteiger partial charge in [-0.1, -0.05) is 0 Å². The van der Waals surface area contributed by atoms with Crippen LogP contribution in [0.4, 0.5) is 8.78 Å². The number of nitrogens with one attached hydrogen (secondary N) is 3. The fourth-order valence-corrected chi connectivity index (χ4v) is 4.41. The van der Waals surface area contributed by atoms with Crippen LogP contribution in [0.2, 0.25) is 0 Å². The standard InChI is InChI=1S/C23H20BrF2N3O3/c24-19-16(9-10-18(31)28-22-17(30)11-27-23(22)32)20(12-1-5-14(25)6-2-12)29-21(19)13-3-7-15(26)8-4-13/h1-8,17,22,29-30H,9-11H2,(H,27,32)(H,28,31)/t17-,22+/m1/s1. The van der Waals surface area contributed by atoms with Gasteiger partial charge >= 0.3 is 0 Å². The lowest BCUT2D eigenvalue weighted by atomic mass is 10.0. The van der Waals surface area contributed by atoms with Gasteiger partial charge in [0.1, 0.15) is 23.8 Å². The number of β-amino-alcohol motifs (C(OH)–C–C–N with tert-alkyl or cyclic N) is 1. The summed E-state index contributed by atoms with van der Waals surface area (Å²) in [5.41, 5.74) is 3.64. The quantitative estimate of drug-likeness (QED) is 0.415. The zero-order valence-electron chi connectivity index (χ0n) is 16.8. The number of aliphatic hydroxyl groups excluding tert-OH is 1. The van der Waals surface area contributed by atoms with Crippen molar-refractivity contribution in [2.75, 3.05) is 6.54 Å². The third-order valence-corrected chi connectivity index (χ3v) is 6.25. The highest BCUT2D eigenvalue weighted by molar-refractivity contribution is 9.10. The molecule has 9 heteroatoms. The molecule has 2 atom stereocenters. The first-order valence-corrected chi connectivity index (χ1v) is 10.8. The van der Waals surface area contributed by atoms with Crippen molar-refractivity contribution in [2.45, 2.75) is 25.0 Å². The molecule has 0 radical (unpaired) electrons. The molecule has 1 fully saturated rings. The highest BCUT2D eigenvalue weighted by Gasteiger charge is 2.34. The number of aliphatic hydroxyl groups is 1. The first-order chi connectivity index (χ1) is 15.3. The molecule has 0 saturated carbocycles. The van der Waals surface area contributed by atoms with E-state index >= 15 is 0 Å². The van der Waals surface area contributed by atoms with Gasteiger partial charge in [0.05, 0.1) is 11.4 Å². The van der Waals surface area contributed by atoms with Crippen molar-refractivity contribution in [2.24, 2.45) is 0 Å². The van der Waals surface area contributed by atoms with Gasteiger partial charge in [0.2, 0.25) is 11.8 Å². The molecule has 166 valence electrons. The summed E-state index contributed by atoms with van der Waals surface area (Å²) in [5.74, 6) is -1.52. The molecule has 1 aliphatic rings. The van der Waals surface area contributed by atoms with Crippen molar-refractivity contribution < 1.29 is 23.5 Å². The molecule has 1 aliphatic heterocycles. The van der Waals surface area contributed by atoms with Crippen molar-refractivity contribution in [1.82, 2.24) is 15.6 Å². The third-order valence-electron chi connectivity index (χ3n) is 5.37. The zero-order valence-corrected chi connectivity index (χ0v) is 18.4. The minimum absolute atomic E-state index is 0.0595. The van der Waals surface area contributed by atoms with Gasteiger partial charge in [-0.15, -0.1) is 0 Å². The Morgan fingerprint density at radius 1 is 1.03 bits per heavy atom. The first-order valence-electron chi connectivity index (χ1n) is 10.0. The van der Waals surface area contributed by atoms with Gasteiger partial charge in [-0.05, 0) is 87.6 Å². The zero-order chi connectivity index (χ0) is 22.8. The SMILES string of the molecule is O=C(CCc1c(-c2ccc(F)cc2)[nH]c(-c2ccc(F)cc2)c1Br)N[C@@H]1C(=O)NC[C@H]1O. The lowest BCUT2D eigenvalue weighted by Gasteiger charge is -2.13. The Morgan fingerprint density at radius 3 is 2.12 bits per heavy atom. The van der Waals surface area contributed by atoms with Crippen LogP contribution >= 0.6 is 15.9 Å². The summed E-state index contributed by atoms with van der Waals surface area (Å²) >= 11 is 3.59. The molecule has 32 heavy (non-hydrogen) atoms. The van der Waals surface area contributed by atoms with Crippen molar-refractivity contribution in [1.29, 1.82) is 0 Å². The molecule has 0 aliphatic carbocycles. The van der Waals surface area contributed by atoms with Crippen LogP contribution in [0.5, 0.6) is 0 Å². The number of hydrogen-bond donors (Lipinski definition) is 4. The maximum atomic E-state index is 13.4. The van der Waals surface area contributed by atoms with Gasteiger partial charge < -0.3 is 20.7 Å². The van der Waals surface area contributed by atoms with Crippen LogP contribution in [0.3, 0.4) is 0 Å². The van der Waals surface area contributed by atoms with E-state index < -0.39 is 18.1 Å². The van der Waals surface area contributed by atoms with Gasteiger partial charge in [0, 0.05) is 17.4 Å². The van der Waals surface area contributed by atoms with Crippen molar-refractivity contribution in [3.05, 3.63) is 70.2 Å². The number of H-pyrrole nitrogens is 1. The second kappa shape index (κ2) is 9.22. The normalized spacial score (nSPS) is 17.9. The summed E-state index contributed by atoms with van der Waals surface area (Å²) in [6, 6.07) is 11.0. The molecule has 1 saturated heterocycles. The average molecular weight is 504 g/mol. The summed E-state index contributed by atoms with van der Waals surface area (Å²) in [6.45, 7) is 0.100. The molecule has 0 unspecified atom stereocenters. The van der Waals surface area contributed by atoms with Gasteiger partial charge in [-0.25, -0.2) is 8.78 Å². The number of carbonyl (C=O) groups is 2. The van der Waals surface area contributed by atoms with Crippen LogP contribution in [0.15, 0.2) is 53.0 Å². The van der Waals surface area contributed by atoms with Crippen LogP contribution < -0.4 is 10.6 Å². The molecule has 0 bridgehead atoms. The molecule has 1 aromatic heterocycles. The van der Waals surface area contributed by atoms with Gasteiger partial charge in [0.25, 0.3) is 0 Å². The third kappa shape index (κ3) is 4.58. The lowest BCUT2D eigenvalue weighted by Crippen LogP contribution is -2.45. The average Bonchev–Trinajstić information content (AvgIpc) is 3.27. The predicted octanol–water partition coefficient (Wildman–Crippen LogP) is 3.30. The second-order valence-corrected chi connectivity index (χ2v) is 8.33. The number of aromatic nitrogens is 1. The monoisotopic (exact) mass is 503 g/mol. The van der Waals surface area contributed by atoms with Crippen LogP contribution in [0.25, 0.3) is 22.5 Å². The number of amides is 2. The maximum Gasteiger partial charge on any atom is 0.245 e. The van der Waals surface area contributed by atoms with E-state index in [1.165, 1.54) is 24.3 Å². The Balaban J connectivity index is 1.62. The molecule has 2 aromatic carbocycles.